The summed E-state index contributed by atoms with van der Waals surface area (Å²) in [6.45, 7) is 3.64. The highest BCUT2D eigenvalue weighted by Crippen LogP contribution is 2.39. The van der Waals surface area contributed by atoms with E-state index in [1.165, 1.54) is 6.08 Å². The molecule has 4 heterocycles. The summed E-state index contributed by atoms with van der Waals surface area (Å²) in [4.78, 5) is 24.8. The monoisotopic (exact) mass is 707 g/mol. The largest absolute Gasteiger partial charge is 0.481 e. The Labute approximate surface area is 292 Å². The first-order valence-corrected chi connectivity index (χ1v) is 17.4. The lowest BCUT2D eigenvalue weighted by molar-refractivity contribution is -0.308. The van der Waals surface area contributed by atoms with Crippen molar-refractivity contribution in [2.45, 2.75) is 144 Å². The molecular weight excluding hydrogens is 654 g/mol. The van der Waals surface area contributed by atoms with Gasteiger partial charge in [0.05, 0.1) is 48.8 Å². The maximum Gasteiger partial charge on any atom is 0.330 e. The van der Waals surface area contributed by atoms with Gasteiger partial charge < -0.3 is 60.1 Å². The third-order valence-corrected chi connectivity index (χ3v) is 9.35. The Morgan fingerprint density at radius 1 is 0.980 bits per heavy atom. The number of fused-ring (bicyclic) bond motifs is 3. The van der Waals surface area contributed by atoms with Crippen molar-refractivity contribution in [1.29, 1.82) is 0 Å². The summed E-state index contributed by atoms with van der Waals surface area (Å²) in [5.74, 6) is -5.41. The van der Waals surface area contributed by atoms with E-state index >= 15 is 0 Å². The Morgan fingerprint density at radius 2 is 1.70 bits per heavy atom. The summed E-state index contributed by atoms with van der Waals surface area (Å²) in [6, 6.07) is -1.08. The van der Waals surface area contributed by atoms with E-state index < -0.39 is 97.3 Å². The average molecular weight is 708 g/mol. The second-order valence-electron chi connectivity index (χ2n) is 13.5. The highest BCUT2D eigenvalue weighted by molar-refractivity contribution is 5.82. The molecule has 280 valence electrons. The van der Waals surface area contributed by atoms with Crippen LogP contribution in [0.3, 0.4) is 0 Å². The van der Waals surface area contributed by atoms with E-state index in [0.717, 1.165) is 19.3 Å². The maximum atomic E-state index is 12.5. The predicted octanol–water partition coefficient (Wildman–Crippen LogP) is 1.29. The van der Waals surface area contributed by atoms with Crippen LogP contribution >= 0.6 is 0 Å². The molecule has 0 saturated carbocycles. The first-order valence-electron chi connectivity index (χ1n) is 17.4. The summed E-state index contributed by atoms with van der Waals surface area (Å²) in [5, 5.41) is 64.2. The third kappa shape index (κ3) is 11.6. The van der Waals surface area contributed by atoms with Gasteiger partial charge in [-0.1, -0.05) is 68.4 Å². The van der Waals surface area contributed by atoms with Gasteiger partial charge in [0.15, 0.2) is 12.1 Å². The van der Waals surface area contributed by atoms with E-state index in [9.17, 15) is 40.2 Å². The van der Waals surface area contributed by atoms with Gasteiger partial charge in [-0.15, -0.1) is 0 Å². The molecule has 14 atom stereocenters. The van der Waals surface area contributed by atoms with Gasteiger partial charge in [0.2, 0.25) is 0 Å². The molecule has 8 N–H and O–H groups in total. The van der Waals surface area contributed by atoms with Crippen LogP contribution in [-0.4, -0.2) is 122 Å². The van der Waals surface area contributed by atoms with Crippen molar-refractivity contribution < 1.29 is 63.9 Å². The number of epoxide rings is 1. The molecule has 14 nitrogen and oxygen atoms in total. The number of carbonyl (C=O) groups is 2. The first-order chi connectivity index (χ1) is 23.8. The fourth-order valence-corrected chi connectivity index (χ4v) is 6.54. The second kappa shape index (κ2) is 18.6. The minimum Gasteiger partial charge on any atom is -0.481 e. The summed E-state index contributed by atoms with van der Waals surface area (Å²) in [5.41, 5.74) is 6.00. The Morgan fingerprint density at radius 3 is 2.42 bits per heavy atom. The summed E-state index contributed by atoms with van der Waals surface area (Å²) < 4.78 is 29.0. The van der Waals surface area contributed by atoms with Crippen LogP contribution in [0.1, 0.15) is 65.2 Å². The highest BCUT2D eigenvalue weighted by atomic mass is 16.7. The fraction of sp³-hybridized carbons (Fsp3) is 0.667. The smallest absolute Gasteiger partial charge is 0.330 e. The van der Waals surface area contributed by atoms with Crippen molar-refractivity contribution in [3.05, 3.63) is 60.8 Å². The van der Waals surface area contributed by atoms with E-state index in [1.54, 1.807) is 43.4 Å². The lowest BCUT2D eigenvalue weighted by Crippen LogP contribution is -2.61. The molecule has 50 heavy (non-hydrogen) atoms. The number of aliphatic carboxylic acids is 1. The van der Waals surface area contributed by atoms with Crippen LogP contribution in [0.2, 0.25) is 0 Å². The molecule has 0 aromatic carbocycles. The molecule has 4 aliphatic heterocycles. The molecular formula is C36H53NO13. The van der Waals surface area contributed by atoms with Gasteiger partial charge in [0, 0.05) is 38.2 Å². The molecule has 0 amide bonds. The SMILES string of the molecule is CCCCC1C/C=C/C=C\C=C\C=C\C(O[C@@H]2O[C@H](C)[C@@H](O)[C@H](N)[C@@H]2O)CC2OC(O)(C[C@H](O)CC3OC3/C=C/C(=O)O1)C[C@H](O)[C@@H]2C(=O)O. The van der Waals surface area contributed by atoms with Crippen LogP contribution in [0.5, 0.6) is 0 Å². The predicted molar refractivity (Wildman–Crippen MR) is 179 cm³/mol. The zero-order valence-corrected chi connectivity index (χ0v) is 28.6. The minimum absolute atomic E-state index is 0.0816. The molecule has 3 saturated heterocycles. The Balaban J connectivity index is 1.58. The molecule has 0 aliphatic carbocycles. The van der Waals surface area contributed by atoms with Crippen LogP contribution in [0, 0.1) is 5.92 Å². The maximum absolute atomic E-state index is 12.5. The van der Waals surface area contributed by atoms with Gasteiger partial charge >= 0.3 is 11.9 Å². The van der Waals surface area contributed by atoms with Crippen LogP contribution in [0.25, 0.3) is 0 Å². The number of carbonyl (C=O) groups excluding carboxylic acids is 1. The normalized spacial score (nSPS) is 45.1. The molecule has 0 radical (unpaired) electrons. The number of hydrogen-bond donors (Lipinski definition) is 7. The summed E-state index contributed by atoms with van der Waals surface area (Å²) >= 11 is 0. The second-order valence-corrected chi connectivity index (χ2v) is 13.5. The Hall–Kier alpha value is -2.76. The Kier molecular flexibility index (Phi) is 14.9. The number of nitrogens with two attached hydrogens (primary N) is 1. The average Bonchev–Trinajstić information content (AvgIpc) is 3.78. The van der Waals surface area contributed by atoms with Crippen molar-refractivity contribution in [2.75, 3.05) is 0 Å². The van der Waals surface area contributed by atoms with E-state index in [4.69, 9.17) is 29.4 Å². The number of cyclic esters (lactones) is 1. The van der Waals surface area contributed by atoms with Gasteiger partial charge in [-0.25, -0.2) is 4.79 Å². The van der Waals surface area contributed by atoms with Crippen LogP contribution in [0.4, 0.5) is 0 Å². The Bertz CT molecular complexity index is 1270. The number of esters is 1. The molecule has 14 heteroatoms. The molecule has 0 aromatic rings. The molecule has 2 bridgehead atoms. The van der Waals surface area contributed by atoms with Crippen molar-refractivity contribution in [3.63, 3.8) is 0 Å². The number of aliphatic hydroxyl groups excluding tert-OH is 4. The molecule has 6 unspecified atom stereocenters. The number of ether oxygens (including phenoxy) is 5. The van der Waals surface area contributed by atoms with Gasteiger partial charge in [0.25, 0.3) is 0 Å². The van der Waals surface area contributed by atoms with E-state index in [-0.39, 0.29) is 25.4 Å². The van der Waals surface area contributed by atoms with E-state index in [2.05, 4.69) is 6.92 Å². The van der Waals surface area contributed by atoms with Crippen molar-refractivity contribution >= 4 is 11.9 Å². The van der Waals surface area contributed by atoms with Gasteiger partial charge in [-0.05, 0) is 19.4 Å². The quantitative estimate of drug-likeness (QED) is 0.152. The number of carboxylic acid groups (broad SMARTS) is 1. The van der Waals surface area contributed by atoms with Crippen molar-refractivity contribution in [3.8, 4) is 0 Å². The van der Waals surface area contributed by atoms with E-state index in [0.29, 0.717) is 6.42 Å². The standard InChI is InChI=1S/C36H53NO13/c1-3-4-12-23-13-10-8-6-5-7-9-11-14-24(48-35-33(42)31(37)32(41)21(2)46-35)18-28-30(34(43)44)25(39)20-36(45,50-28)19-22(38)17-27-26(49-27)15-16-29(40)47-23/h5-11,14-16,21-28,30-33,35,38-39,41-42,45H,3-4,12-13,17-20,37H2,1-2H3,(H,43,44)/b6-5-,9-7+,10-8+,14-11+,16-15+/t21-,22-,23?,24?,25+,26?,27?,28?,30+,31+,32-,33+,35+,36?/m1/s1. The molecule has 3 fully saturated rings. The highest BCUT2D eigenvalue weighted by Gasteiger charge is 2.51. The van der Waals surface area contributed by atoms with Crippen LogP contribution in [-0.2, 0) is 33.3 Å². The summed E-state index contributed by atoms with van der Waals surface area (Å²) in [6.07, 6.45) is 8.24. The molecule has 4 aliphatic rings. The number of carboxylic acids is 1. The zero-order valence-electron chi connectivity index (χ0n) is 28.6. The number of unbranched alkanes of at least 4 members (excludes halogenated alkanes) is 1. The third-order valence-electron chi connectivity index (χ3n) is 9.35. The summed E-state index contributed by atoms with van der Waals surface area (Å²) in [7, 11) is 0. The number of rotatable bonds is 6. The van der Waals surface area contributed by atoms with Gasteiger partial charge in [-0.2, -0.15) is 0 Å². The first kappa shape index (κ1) is 40.0. The number of aliphatic hydroxyl groups is 5. The minimum atomic E-state index is -2.10. The van der Waals surface area contributed by atoms with Crippen molar-refractivity contribution in [2.24, 2.45) is 11.7 Å². The van der Waals surface area contributed by atoms with Crippen molar-refractivity contribution in [1.82, 2.24) is 0 Å². The number of hydrogen-bond acceptors (Lipinski definition) is 13. The van der Waals surface area contributed by atoms with Gasteiger partial charge in [0.1, 0.15) is 24.2 Å². The zero-order chi connectivity index (χ0) is 36.4. The molecule has 0 aromatic heterocycles. The van der Waals surface area contributed by atoms with Crippen LogP contribution in [0.15, 0.2) is 60.8 Å². The lowest BCUT2D eigenvalue weighted by atomic mass is 9.83. The molecule has 4 rings (SSSR count). The topological polar surface area (TPSA) is 231 Å². The fourth-order valence-electron chi connectivity index (χ4n) is 6.54. The van der Waals surface area contributed by atoms with Crippen LogP contribution < -0.4 is 5.73 Å². The van der Waals surface area contributed by atoms with E-state index in [1.807, 2.05) is 18.2 Å². The lowest BCUT2D eigenvalue weighted by Gasteiger charge is -2.45. The molecule has 0 spiro atoms. The number of allylic oxidation sites excluding steroid dienone is 6. The van der Waals surface area contributed by atoms with Gasteiger partial charge in [-0.3, -0.25) is 4.79 Å².